The van der Waals surface area contributed by atoms with E-state index in [0.717, 1.165) is 11.4 Å². The molecule has 3 aromatic carbocycles. The van der Waals surface area contributed by atoms with Gasteiger partial charge in [0.05, 0.1) is 0 Å². The largest absolute Gasteiger partial charge is 0.457 e. The maximum atomic E-state index is 13.8. The smallest absolute Gasteiger partial charge is 0.229 e. The van der Waals surface area contributed by atoms with E-state index < -0.39 is 11.6 Å². The van der Waals surface area contributed by atoms with Crippen LogP contribution in [0.1, 0.15) is 0 Å². The van der Waals surface area contributed by atoms with Gasteiger partial charge in [-0.3, -0.25) is 0 Å². The molecule has 1 heterocycles. The molecule has 0 radical (unpaired) electrons. The Morgan fingerprint density at radius 2 is 1.38 bits per heavy atom. The summed E-state index contributed by atoms with van der Waals surface area (Å²) in [4.78, 5) is 8.37. The lowest BCUT2D eigenvalue weighted by atomic mass is 10.3. The quantitative estimate of drug-likeness (QED) is 0.421. The van der Waals surface area contributed by atoms with Gasteiger partial charge < -0.3 is 15.4 Å². The maximum absolute atomic E-state index is 13.8. The third-order valence-electron chi connectivity index (χ3n) is 3.96. The van der Waals surface area contributed by atoms with Gasteiger partial charge in [0.2, 0.25) is 5.95 Å². The number of aromatic nitrogens is 2. The molecular weight excluding hydrogens is 374 g/mol. The van der Waals surface area contributed by atoms with Gasteiger partial charge in [-0.15, -0.1) is 0 Å². The van der Waals surface area contributed by atoms with Crippen LogP contribution in [0.2, 0.25) is 0 Å². The van der Waals surface area contributed by atoms with Crippen molar-refractivity contribution < 1.29 is 13.5 Å². The predicted molar refractivity (Wildman–Crippen MR) is 108 cm³/mol. The molecule has 0 bridgehead atoms. The number of rotatable bonds is 6. The minimum Gasteiger partial charge on any atom is -0.457 e. The topological polar surface area (TPSA) is 59.1 Å². The van der Waals surface area contributed by atoms with E-state index >= 15 is 0 Å². The second-order valence-electron chi connectivity index (χ2n) is 6.05. The van der Waals surface area contributed by atoms with Crippen molar-refractivity contribution >= 4 is 23.1 Å². The molecule has 0 aliphatic rings. The molecule has 0 unspecified atom stereocenters. The fourth-order valence-electron chi connectivity index (χ4n) is 2.59. The molecule has 0 fully saturated rings. The van der Waals surface area contributed by atoms with E-state index in [9.17, 15) is 8.78 Å². The van der Waals surface area contributed by atoms with Crippen molar-refractivity contribution in [1.29, 1.82) is 0 Å². The first kappa shape index (κ1) is 18.4. The summed E-state index contributed by atoms with van der Waals surface area (Å²) in [6.45, 7) is 0. The van der Waals surface area contributed by atoms with Gasteiger partial charge in [0.15, 0.2) is 0 Å². The van der Waals surface area contributed by atoms with Gasteiger partial charge in [-0.25, -0.2) is 13.8 Å². The normalized spacial score (nSPS) is 10.4. The van der Waals surface area contributed by atoms with Crippen LogP contribution in [-0.2, 0) is 0 Å². The number of nitrogens with zero attached hydrogens (tertiary/aromatic N) is 2. The molecule has 0 amide bonds. The van der Waals surface area contributed by atoms with Crippen LogP contribution < -0.4 is 15.4 Å². The fraction of sp³-hybridized carbons (Fsp3) is 0. The summed E-state index contributed by atoms with van der Waals surface area (Å²) in [5, 5.41) is 5.69. The number of para-hydroxylation sites is 2. The highest BCUT2D eigenvalue weighted by molar-refractivity contribution is 5.60. The lowest BCUT2D eigenvalue weighted by molar-refractivity contribution is 0.483. The van der Waals surface area contributed by atoms with E-state index in [1.54, 1.807) is 0 Å². The van der Waals surface area contributed by atoms with E-state index in [-0.39, 0.29) is 17.5 Å². The summed E-state index contributed by atoms with van der Waals surface area (Å²) in [6, 6.07) is 21.9. The summed E-state index contributed by atoms with van der Waals surface area (Å²) < 4.78 is 33.4. The molecule has 0 aliphatic carbocycles. The molecule has 4 aromatic rings. The molecule has 4 rings (SSSR count). The first-order valence-corrected chi connectivity index (χ1v) is 8.81. The van der Waals surface area contributed by atoms with Crippen LogP contribution >= 0.6 is 0 Å². The highest BCUT2D eigenvalue weighted by Crippen LogP contribution is 2.25. The molecule has 2 N–H and O–H groups in total. The Kier molecular flexibility index (Phi) is 5.29. The molecule has 5 nitrogen and oxygen atoms in total. The molecule has 7 heteroatoms. The Bertz CT molecular complexity index is 1090. The number of hydrogen-bond acceptors (Lipinski definition) is 5. The van der Waals surface area contributed by atoms with Crippen LogP contribution in [0, 0.1) is 11.6 Å². The van der Waals surface area contributed by atoms with Crippen molar-refractivity contribution in [2.75, 3.05) is 10.6 Å². The second-order valence-corrected chi connectivity index (χ2v) is 6.05. The lowest BCUT2D eigenvalue weighted by Crippen LogP contribution is -2.02. The third kappa shape index (κ3) is 4.65. The zero-order valence-corrected chi connectivity index (χ0v) is 15.1. The van der Waals surface area contributed by atoms with E-state index in [1.807, 2.05) is 54.6 Å². The number of anilines is 4. The van der Waals surface area contributed by atoms with Crippen molar-refractivity contribution in [3.05, 3.63) is 96.7 Å². The monoisotopic (exact) mass is 390 g/mol. The van der Waals surface area contributed by atoms with E-state index in [1.165, 1.54) is 30.5 Å². The van der Waals surface area contributed by atoms with Crippen LogP contribution in [0.3, 0.4) is 0 Å². The van der Waals surface area contributed by atoms with Gasteiger partial charge in [0, 0.05) is 11.9 Å². The van der Waals surface area contributed by atoms with Crippen LogP contribution in [0.5, 0.6) is 11.5 Å². The van der Waals surface area contributed by atoms with Crippen molar-refractivity contribution in [2.24, 2.45) is 0 Å². The Morgan fingerprint density at radius 3 is 2.10 bits per heavy atom. The lowest BCUT2D eigenvalue weighted by Gasteiger charge is -2.10. The summed E-state index contributed by atoms with van der Waals surface area (Å²) in [5.41, 5.74) is 0.471. The molecule has 0 saturated carbocycles. The Labute approximate surface area is 166 Å². The average molecular weight is 390 g/mol. The van der Waals surface area contributed by atoms with Crippen LogP contribution in [0.4, 0.5) is 31.9 Å². The van der Waals surface area contributed by atoms with Gasteiger partial charge in [-0.1, -0.05) is 24.3 Å². The van der Waals surface area contributed by atoms with Crippen molar-refractivity contribution in [1.82, 2.24) is 9.97 Å². The molecule has 1 aromatic heterocycles. The highest BCUT2D eigenvalue weighted by Gasteiger charge is 2.09. The third-order valence-corrected chi connectivity index (χ3v) is 3.96. The Balaban J connectivity index is 1.45. The van der Waals surface area contributed by atoms with E-state index in [2.05, 4.69) is 20.6 Å². The van der Waals surface area contributed by atoms with E-state index in [4.69, 9.17) is 4.74 Å². The molecule has 0 atom stereocenters. The zero-order valence-electron chi connectivity index (χ0n) is 15.1. The van der Waals surface area contributed by atoms with Gasteiger partial charge in [0.25, 0.3) is 0 Å². The molecule has 0 spiro atoms. The molecule has 0 aliphatic heterocycles. The minimum absolute atomic E-state index is 0.260. The predicted octanol–water partition coefficient (Wildman–Crippen LogP) is 6.03. The Morgan fingerprint density at radius 1 is 0.690 bits per heavy atom. The highest BCUT2D eigenvalue weighted by atomic mass is 19.1. The average Bonchev–Trinajstić information content (AvgIpc) is 2.73. The SMILES string of the molecule is Fc1cccc(F)c1Nc1ccnc(Nc2ccc(Oc3ccccc3)cc2)n1. The fourth-order valence-corrected chi connectivity index (χ4v) is 2.59. The van der Waals surface area contributed by atoms with Crippen LogP contribution in [0.15, 0.2) is 85.1 Å². The minimum atomic E-state index is -0.702. The number of benzene rings is 3. The van der Waals surface area contributed by atoms with Gasteiger partial charge in [0.1, 0.15) is 34.6 Å². The van der Waals surface area contributed by atoms with E-state index in [0.29, 0.717) is 5.75 Å². The summed E-state index contributed by atoms with van der Waals surface area (Å²) in [5.74, 6) is 0.571. The molecular formula is C22H16F2N4O. The first-order chi connectivity index (χ1) is 14.2. The summed E-state index contributed by atoms with van der Waals surface area (Å²) in [6.07, 6.45) is 1.49. The second kappa shape index (κ2) is 8.35. The first-order valence-electron chi connectivity index (χ1n) is 8.81. The maximum Gasteiger partial charge on any atom is 0.229 e. The molecule has 0 saturated heterocycles. The molecule has 29 heavy (non-hydrogen) atoms. The zero-order chi connectivity index (χ0) is 20.1. The number of ether oxygens (including phenoxy) is 1. The van der Waals surface area contributed by atoms with Crippen molar-refractivity contribution in [3.63, 3.8) is 0 Å². The summed E-state index contributed by atoms with van der Waals surface area (Å²) >= 11 is 0. The number of nitrogens with one attached hydrogen (secondary N) is 2. The number of hydrogen-bond donors (Lipinski definition) is 2. The van der Waals surface area contributed by atoms with Gasteiger partial charge >= 0.3 is 0 Å². The summed E-state index contributed by atoms with van der Waals surface area (Å²) in [7, 11) is 0. The Hall–Kier alpha value is -4.00. The van der Waals surface area contributed by atoms with Crippen LogP contribution in [0.25, 0.3) is 0 Å². The molecule has 144 valence electrons. The van der Waals surface area contributed by atoms with Gasteiger partial charge in [-0.05, 0) is 54.6 Å². The van der Waals surface area contributed by atoms with Gasteiger partial charge in [-0.2, -0.15) is 4.98 Å². The van der Waals surface area contributed by atoms with Crippen LogP contribution in [-0.4, -0.2) is 9.97 Å². The van der Waals surface area contributed by atoms with Crippen molar-refractivity contribution in [3.8, 4) is 11.5 Å². The van der Waals surface area contributed by atoms with Crippen molar-refractivity contribution in [2.45, 2.75) is 0 Å². The number of halogens is 2. The standard InChI is InChI=1S/C22H16F2N4O/c23-18-7-4-8-19(24)21(18)27-20-13-14-25-22(28-20)26-15-9-11-17(12-10-15)29-16-5-2-1-3-6-16/h1-14H,(H2,25,26,27,28).